The number of carbonyl (C=O) groups is 1. The van der Waals surface area contributed by atoms with Crippen LogP contribution < -0.4 is 5.32 Å². The standard InChI is InChI=1S/C19H27NO/c1-2-10-19(11-13-20-14-12-19)18(21)17-8-6-16(7-9-17)15-4-3-5-15/h6-9,15,20H,2-5,10-14H2,1H3. The van der Waals surface area contributed by atoms with Gasteiger partial charge in [0.1, 0.15) is 0 Å². The minimum Gasteiger partial charge on any atom is -0.317 e. The topological polar surface area (TPSA) is 29.1 Å². The Hall–Kier alpha value is -1.15. The van der Waals surface area contributed by atoms with E-state index in [-0.39, 0.29) is 5.41 Å². The Bertz CT molecular complexity index is 475. The molecule has 0 unspecified atom stereocenters. The molecule has 1 aliphatic heterocycles. The Morgan fingerprint density at radius 3 is 2.38 bits per heavy atom. The maximum absolute atomic E-state index is 13.0. The van der Waals surface area contributed by atoms with Crippen LogP contribution in [0.25, 0.3) is 0 Å². The second kappa shape index (κ2) is 6.31. The summed E-state index contributed by atoms with van der Waals surface area (Å²) in [5, 5.41) is 3.39. The van der Waals surface area contributed by atoms with E-state index in [9.17, 15) is 4.79 Å². The summed E-state index contributed by atoms with van der Waals surface area (Å²) in [6.07, 6.45) is 8.09. The molecule has 1 aromatic carbocycles. The van der Waals surface area contributed by atoms with Crippen molar-refractivity contribution in [1.29, 1.82) is 0 Å². The first-order valence-electron chi connectivity index (χ1n) is 8.61. The van der Waals surface area contributed by atoms with Crippen LogP contribution in [0.15, 0.2) is 24.3 Å². The smallest absolute Gasteiger partial charge is 0.169 e. The van der Waals surface area contributed by atoms with Gasteiger partial charge in [-0.05, 0) is 56.7 Å². The number of rotatable bonds is 5. The van der Waals surface area contributed by atoms with E-state index >= 15 is 0 Å². The first kappa shape index (κ1) is 14.8. The Balaban J connectivity index is 1.78. The van der Waals surface area contributed by atoms with Crippen molar-refractivity contribution in [1.82, 2.24) is 5.32 Å². The molecule has 1 saturated heterocycles. The highest BCUT2D eigenvalue weighted by atomic mass is 16.1. The van der Waals surface area contributed by atoms with E-state index in [0.29, 0.717) is 5.78 Å². The maximum Gasteiger partial charge on any atom is 0.169 e. The third-order valence-corrected chi connectivity index (χ3v) is 5.52. The summed E-state index contributed by atoms with van der Waals surface area (Å²) >= 11 is 0. The summed E-state index contributed by atoms with van der Waals surface area (Å²) in [5.74, 6) is 1.13. The zero-order valence-electron chi connectivity index (χ0n) is 13.2. The van der Waals surface area contributed by atoms with Crippen LogP contribution in [0.3, 0.4) is 0 Å². The molecule has 2 fully saturated rings. The lowest BCUT2D eigenvalue weighted by Gasteiger charge is -2.36. The molecule has 21 heavy (non-hydrogen) atoms. The molecule has 114 valence electrons. The van der Waals surface area contributed by atoms with Crippen LogP contribution in [-0.4, -0.2) is 18.9 Å². The van der Waals surface area contributed by atoms with Gasteiger partial charge in [0.2, 0.25) is 0 Å². The normalized spacial score (nSPS) is 21.8. The quantitative estimate of drug-likeness (QED) is 0.817. The Morgan fingerprint density at radius 2 is 1.86 bits per heavy atom. The average molecular weight is 285 g/mol. The van der Waals surface area contributed by atoms with E-state index < -0.39 is 0 Å². The number of carbonyl (C=O) groups excluding carboxylic acids is 1. The number of nitrogens with one attached hydrogen (secondary N) is 1. The molecule has 0 bridgehead atoms. The van der Waals surface area contributed by atoms with Crippen molar-refractivity contribution in [3.05, 3.63) is 35.4 Å². The van der Waals surface area contributed by atoms with E-state index in [2.05, 4.69) is 36.5 Å². The van der Waals surface area contributed by atoms with Gasteiger partial charge in [-0.3, -0.25) is 4.79 Å². The largest absolute Gasteiger partial charge is 0.317 e. The van der Waals surface area contributed by atoms with Gasteiger partial charge >= 0.3 is 0 Å². The van der Waals surface area contributed by atoms with E-state index in [1.54, 1.807) is 0 Å². The number of ketones is 1. The minimum absolute atomic E-state index is 0.113. The van der Waals surface area contributed by atoms with Crippen molar-refractivity contribution in [2.75, 3.05) is 13.1 Å². The molecule has 1 heterocycles. The molecule has 3 rings (SSSR count). The molecule has 0 atom stereocenters. The molecule has 1 N–H and O–H groups in total. The highest BCUT2D eigenvalue weighted by Gasteiger charge is 2.38. The first-order valence-corrected chi connectivity index (χ1v) is 8.61. The molecule has 0 aromatic heterocycles. The minimum atomic E-state index is -0.113. The third kappa shape index (κ3) is 2.91. The van der Waals surface area contributed by atoms with Crippen molar-refractivity contribution >= 4 is 5.78 Å². The highest BCUT2D eigenvalue weighted by molar-refractivity contribution is 6.00. The van der Waals surface area contributed by atoms with Crippen LogP contribution >= 0.6 is 0 Å². The Labute approximate surface area is 128 Å². The van der Waals surface area contributed by atoms with Gasteiger partial charge in [0.05, 0.1) is 0 Å². The zero-order valence-corrected chi connectivity index (χ0v) is 13.2. The van der Waals surface area contributed by atoms with Gasteiger partial charge in [0.25, 0.3) is 0 Å². The SMILES string of the molecule is CCCC1(C(=O)c2ccc(C3CCC3)cc2)CCNCC1. The van der Waals surface area contributed by atoms with Crippen LogP contribution in [0.2, 0.25) is 0 Å². The van der Waals surface area contributed by atoms with Crippen molar-refractivity contribution in [3.63, 3.8) is 0 Å². The Morgan fingerprint density at radius 1 is 1.19 bits per heavy atom. The number of benzene rings is 1. The van der Waals surface area contributed by atoms with Gasteiger partial charge in [0.15, 0.2) is 5.78 Å². The fraction of sp³-hybridized carbons (Fsp3) is 0.632. The van der Waals surface area contributed by atoms with E-state index in [1.165, 1.54) is 24.8 Å². The van der Waals surface area contributed by atoms with Gasteiger partial charge < -0.3 is 5.32 Å². The summed E-state index contributed by atoms with van der Waals surface area (Å²) in [6.45, 7) is 4.15. The monoisotopic (exact) mass is 285 g/mol. The van der Waals surface area contributed by atoms with Crippen LogP contribution in [0.4, 0.5) is 0 Å². The first-order chi connectivity index (χ1) is 10.2. The third-order valence-electron chi connectivity index (χ3n) is 5.52. The molecule has 2 heteroatoms. The van der Waals surface area contributed by atoms with E-state index in [0.717, 1.165) is 50.3 Å². The molecular weight excluding hydrogens is 258 g/mol. The second-order valence-electron chi connectivity index (χ2n) is 6.86. The molecule has 1 aromatic rings. The average Bonchev–Trinajstić information content (AvgIpc) is 2.47. The molecule has 1 saturated carbocycles. The van der Waals surface area contributed by atoms with Crippen LogP contribution in [0.5, 0.6) is 0 Å². The molecule has 0 amide bonds. The van der Waals surface area contributed by atoms with Gasteiger partial charge in [-0.15, -0.1) is 0 Å². The molecule has 2 aliphatic rings. The molecular formula is C19H27NO. The maximum atomic E-state index is 13.0. The fourth-order valence-corrected chi connectivity index (χ4v) is 3.93. The second-order valence-corrected chi connectivity index (χ2v) is 6.86. The van der Waals surface area contributed by atoms with Crippen LogP contribution in [0.1, 0.15) is 73.7 Å². The Kier molecular flexibility index (Phi) is 4.44. The summed E-state index contributed by atoms with van der Waals surface area (Å²) < 4.78 is 0. The fourth-order valence-electron chi connectivity index (χ4n) is 3.93. The number of hydrogen-bond donors (Lipinski definition) is 1. The number of Topliss-reactive ketones (excluding diaryl/α,β-unsaturated/α-hetero) is 1. The lowest BCUT2D eigenvalue weighted by atomic mass is 9.70. The van der Waals surface area contributed by atoms with Crippen molar-refractivity contribution in [3.8, 4) is 0 Å². The van der Waals surface area contributed by atoms with Crippen molar-refractivity contribution < 1.29 is 4.79 Å². The lowest BCUT2D eigenvalue weighted by Crippen LogP contribution is -2.42. The predicted octanol–water partition coefficient (Wildman–Crippen LogP) is 4.31. The van der Waals surface area contributed by atoms with E-state index in [1.807, 2.05) is 0 Å². The van der Waals surface area contributed by atoms with Crippen molar-refractivity contribution in [2.24, 2.45) is 5.41 Å². The van der Waals surface area contributed by atoms with Crippen LogP contribution in [0, 0.1) is 5.41 Å². The molecule has 0 spiro atoms. The van der Waals surface area contributed by atoms with Crippen LogP contribution in [-0.2, 0) is 0 Å². The lowest BCUT2D eigenvalue weighted by molar-refractivity contribution is 0.0704. The molecule has 0 radical (unpaired) electrons. The van der Waals surface area contributed by atoms with Gasteiger partial charge in [-0.1, -0.05) is 44.0 Å². The van der Waals surface area contributed by atoms with Crippen molar-refractivity contribution in [2.45, 2.75) is 57.8 Å². The number of hydrogen-bond acceptors (Lipinski definition) is 2. The molecule has 2 nitrogen and oxygen atoms in total. The zero-order chi connectivity index (χ0) is 14.7. The van der Waals surface area contributed by atoms with Gasteiger partial charge in [-0.2, -0.15) is 0 Å². The summed E-state index contributed by atoms with van der Waals surface area (Å²) in [7, 11) is 0. The van der Waals surface area contributed by atoms with Gasteiger partial charge in [0, 0.05) is 11.0 Å². The summed E-state index contributed by atoms with van der Waals surface area (Å²) in [5.41, 5.74) is 2.24. The number of piperidine rings is 1. The van der Waals surface area contributed by atoms with Gasteiger partial charge in [-0.25, -0.2) is 0 Å². The summed E-state index contributed by atoms with van der Waals surface area (Å²) in [4.78, 5) is 13.0. The highest BCUT2D eigenvalue weighted by Crippen LogP contribution is 2.39. The predicted molar refractivity (Wildman–Crippen MR) is 86.8 cm³/mol. The summed E-state index contributed by atoms with van der Waals surface area (Å²) in [6, 6.07) is 8.54. The van der Waals surface area contributed by atoms with E-state index in [4.69, 9.17) is 0 Å². The molecule has 1 aliphatic carbocycles.